The molecule has 1 fully saturated rings. The monoisotopic (exact) mass is 342 g/mol. The molecule has 2 nitrogen and oxygen atoms in total. The van der Waals surface area contributed by atoms with Crippen LogP contribution < -0.4 is 5.32 Å². The first-order chi connectivity index (χ1) is 9.27. The van der Waals surface area contributed by atoms with E-state index in [1.165, 1.54) is 6.07 Å². The summed E-state index contributed by atoms with van der Waals surface area (Å²) in [5, 5.41) is 3.54. The number of benzene rings is 1. The maximum absolute atomic E-state index is 14.0. The summed E-state index contributed by atoms with van der Waals surface area (Å²) in [7, 11) is 0. The fourth-order valence-corrected chi connectivity index (χ4v) is 3.31. The summed E-state index contributed by atoms with van der Waals surface area (Å²) in [5.41, 5.74) is 0.943. The van der Waals surface area contributed by atoms with E-state index in [0.29, 0.717) is 18.6 Å². The Labute approximate surface area is 129 Å². The van der Waals surface area contributed by atoms with Gasteiger partial charge in [0.2, 0.25) is 0 Å². The van der Waals surface area contributed by atoms with Crippen molar-refractivity contribution < 1.29 is 4.39 Å². The minimum atomic E-state index is -0.118. The Bertz CT molecular complexity index is 470. The summed E-state index contributed by atoms with van der Waals surface area (Å²) < 4.78 is 14.9. The summed E-state index contributed by atoms with van der Waals surface area (Å²) >= 11 is 3.43. The van der Waals surface area contributed by atoms with Crippen molar-refractivity contribution in [2.45, 2.75) is 46.3 Å². The van der Waals surface area contributed by atoms with Crippen LogP contribution in [0.3, 0.4) is 0 Å². The molecule has 1 aliphatic rings. The minimum absolute atomic E-state index is 0.118. The zero-order chi connectivity index (χ0) is 14.9. The maximum Gasteiger partial charge on any atom is 0.127 e. The van der Waals surface area contributed by atoms with Crippen molar-refractivity contribution in [3.05, 3.63) is 34.1 Å². The average Bonchev–Trinajstić information content (AvgIpc) is 2.32. The van der Waals surface area contributed by atoms with E-state index in [0.717, 1.165) is 23.1 Å². The molecule has 0 radical (unpaired) electrons. The molecule has 1 aliphatic heterocycles. The zero-order valence-corrected chi connectivity index (χ0v) is 14.3. The highest BCUT2D eigenvalue weighted by atomic mass is 79.9. The normalized spacial score (nSPS) is 24.9. The van der Waals surface area contributed by atoms with Gasteiger partial charge in [0.1, 0.15) is 5.82 Å². The van der Waals surface area contributed by atoms with E-state index in [1.54, 1.807) is 6.07 Å². The smallest absolute Gasteiger partial charge is 0.127 e. The molecule has 1 aromatic carbocycles. The Morgan fingerprint density at radius 1 is 1.40 bits per heavy atom. The number of nitrogens with zero attached hydrogens (tertiary/aromatic N) is 1. The van der Waals surface area contributed by atoms with Crippen molar-refractivity contribution in [1.82, 2.24) is 10.2 Å². The van der Waals surface area contributed by atoms with Gasteiger partial charge in [0.15, 0.2) is 0 Å². The van der Waals surface area contributed by atoms with Crippen LogP contribution in [0.25, 0.3) is 0 Å². The van der Waals surface area contributed by atoms with Gasteiger partial charge < -0.3 is 5.32 Å². The van der Waals surface area contributed by atoms with Crippen molar-refractivity contribution in [3.8, 4) is 0 Å². The summed E-state index contributed by atoms with van der Waals surface area (Å²) in [5.74, 6) is -0.118. The average molecular weight is 343 g/mol. The third-order valence-corrected chi connectivity index (χ3v) is 4.48. The van der Waals surface area contributed by atoms with Crippen LogP contribution in [0.1, 0.15) is 33.3 Å². The molecule has 1 saturated heterocycles. The van der Waals surface area contributed by atoms with Gasteiger partial charge in [-0.1, -0.05) is 36.7 Å². The number of halogens is 2. The lowest BCUT2D eigenvalue weighted by molar-refractivity contribution is 0.0517. The molecule has 1 N–H and O–H groups in total. The van der Waals surface area contributed by atoms with Gasteiger partial charge in [-0.05, 0) is 30.5 Å². The first-order valence-corrected chi connectivity index (χ1v) is 7.98. The van der Waals surface area contributed by atoms with Gasteiger partial charge in [-0.3, -0.25) is 4.90 Å². The molecule has 0 bridgehead atoms. The molecular formula is C16H24BrFN2. The SMILES string of the molecule is CC1CN(Cc2cc(Br)ccc2F)C(C(C)(C)C)CN1. The second kappa shape index (κ2) is 6.12. The molecule has 1 aromatic rings. The van der Waals surface area contributed by atoms with Crippen LogP contribution in [-0.4, -0.2) is 30.1 Å². The zero-order valence-electron chi connectivity index (χ0n) is 12.7. The van der Waals surface area contributed by atoms with Crippen molar-refractivity contribution in [2.75, 3.05) is 13.1 Å². The highest BCUT2D eigenvalue weighted by Gasteiger charge is 2.34. The van der Waals surface area contributed by atoms with Crippen LogP contribution in [0.4, 0.5) is 4.39 Å². The molecule has 0 aromatic heterocycles. The molecule has 1 heterocycles. The molecule has 0 spiro atoms. The van der Waals surface area contributed by atoms with Crippen LogP contribution in [-0.2, 0) is 6.54 Å². The van der Waals surface area contributed by atoms with E-state index < -0.39 is 0 Å². The fraction of sp³-hybridized carbons (Fsp3) is 0.625. The topological polar surface area (TPSA) is 15.3 Å². The number of rotatable bonds is 2. The molecule has 112 valence electrons. The molecule has 0 amide bonds. The summed E-state index contributed by atoms with van der Waals surface area (Å²) in [6, 6.07) is 6.04. The first kappa shape index (κ1) is 15.9. The predicted molar refractivity (Wildman–Crippen MR) is 85.2 cm³/mol. The van der Waals surface area contributed by atoms with E-state index >= 15 is 0 Å². The summed E-state index contributed by atoms with van der Waals surface area (Å²) in [6.45, 7) is 11.5. The lowest BCUT2D eigenvalue weighted by Crippen LogP contribution is -2.59. The van der Waals surface area contributed by atoms with Crippen molar-refractivity contribution in [2.24, 2.45) is 5.41 Å². The van der Waals surface area contributed by atoms with Crippen molar-refractivity contribution in [3.63, 3.8) is 0 Å². The lowest BCUT2D eigenvalue weighted by atomic mass is 9.83. The number of hydrogen-bond acceptors (Lipinski definition) is 2. The number of hydrogen-bond donors (Lipinski definition) is 1. The lowest BCUT2D eigenvalue weighted by Gasteiger charge is -2.46. The van der Waals surface area contributed by atoms with Gasteiger partial charge in [-0.25, -0.2) is 4.39 Å². The number of nitrogens with one attached hydrogen (secondary N) is 1. The van der Waals surface area contributed by atoms with E-state index in [4.69, 9.17) is 0 Å². The van der Waals surface area contributed by atoms with Gasteiger partial charge in [0.25, 0.3) is 0 Å². The molecule has 2 atom stereocenters. The van der Waals surface area contributed by atoms with Crippen molar-refractivity contribution >= 4 is 15.9 Å². The van der Waals surface area contributed by atoms with Gasteiger partial charge in [-0.15, -0.1) is 0 Å². The molecule has 0 aliphatic carbocycles. The standard InChI is InChI=1S/C16H24BrFN2/c1-11-9-20(15(8-19-11)16(2,3)4)10-12-7-13(17)5-6-14(12)18/h5-7,11,15,19H,8-10H2,1-4H3. The highest BCUT2D eigenvalue weighted by molar-refractivity contribution is 9.10. The highest BCUT2D eigenvalue weighted by Crippen LogP contribution is 2.28. The number of piperazine rings is 1. The van der Waals surface area contributed by atoms with Crippen LogP contribution in [0.15, 0.2) is 22.7 Å². The van der Waals surface area contributed by atoms with Crippen LogP contribution in [0.2, 0.25) is 0 Å². The quantitative estimate of drug-likeness (QED) is 0.879. The first-order valence-electron chi connectivity index (χ1n) is 7.18. The molecule has 4 heteroatoms. The minimum Gasteiger partial charge on any atom is -0.311 e. The third kappa shape index (κ3) is 3.80. The third-order valence-electron chi connectivity index (χ3n) is 3.99. The molecule has 2 unspecified atom stereocenters. The Morgan fingerprint density at radius 3 is 2.75 bits per heavy atom. The second-order valence-electron chi connectivity index (χ2n) is 6.86. The predicted octanol–water partition coefficient (Wildman–Crippen LogP) is 3.80. The Hall–Kier alpha value is -0.450. The molecule has 0 saturated carbocycles. The van der Waals surface area contributed by atoms with Crippen LogP contribution >= 0.6 is 15.9 Å². The summed E-state index contributed by atoms with van der Waals surface area (Å²) in [6.07, 6.45) is 0. The van der Waals surface area contributed by atoms with E-state index in [2.05, 4.69) is 53.8 Å². The molecule has 20 heavy (non-hydrogen) atoms. The second-order valence-corrected chi connectivity index (χ2v) is 7.77. The van der Waals surface area contributed by atoms with Gasteiger partial charge in [-0.2, -0.15) is 0 Å². The Kier molecular flexibility index (Phi) is 4.88. The largest absolute Gasteiger partial charge is 0.311 e. The Balaban J connectivity index is 2.21. The van der Waals surface area contributed by atoms with E-state index in [9.17, 15) is 4.39 Å². The Morgan fingerprint density at radius 2 is 2.10 bits per heavy atom. The van der Waals surface area contributed by atoms with Gasteiger partial charge >= 0.3 is 0 Å². The van der Waals surface area contributed by atoms with Gasteiger partial charge in [0.05, 0.1) is 0 Å². The van der Waals surface area contributed by atoms with Crippen molar-refractivity contribution in [1.29, 1.82) is 0 Å². The molecular weight excluding hydrogens is 319 g/mol. The van der Waals surface area contributed by atoms with Crippen LogP contribution in [0.5, 0.6) is 0 Å². The van der Waals surface area contributed by atoms with Gasteiger partial charge in [0, 0.05) is 41.8 Å². The fourth-order valence-electron chi connectivity index (χ4n) is 2.90. The van der Waals surface area contributed by atoms with Crippen LogP contribution in [0, 0.1) is 11.2 Å². The summed E-state index contributed by atoms with van der Waals surface area (Å²) in [4.78, 5) is 2.41. The molecule has 2 rings (SSSR count). The maximum atomic E-state index is 14.0. The van der Waals surface area contributed by atoms with E-state index in [-0.39, 0.29) is 11.2 Å². The van der Waals surface area contributed by atoms with E-state index in [1.807, 2.05) is 6.07 Å².